The van der Waals surface area contributed by atoms with Crippen molar-refractivity contribution in [2.45, 2.75) is 25.8 Å². The van der Waals surface area contributed by atoms with Crippen molar-refractivity contribution in [3.63, 3.8) is 0 Å². The number of aromatic nitrogens is 1. The van der Waals surface area contributed by atoms with Crippen LogP contribution in [-0.4, -0.2) is 42.0 Å². The predicted molar refractivity (Wildman–Crippen MR) is 90.4 cm³/mol. The van der Waals surface area contributed by atoms with Gasteiger partial charge in [-0.05, 0) is 24.3 Å². The third-order valence-electron chi connectivity index (χ3n) is 4.51. The topological polar surface area (TPSA) is 36.4 Å². The van der Waals surface area contributed by atoms with Crippen molar-refractivity contribution in [1.82, 2.24) is 9.88 Å². The molecule has 1 aliphatic heterocycles. The van der Waals surface area contributed by atoms with Gasteiger partial charge in [0.2, 0.25) is 5.91 Å². The molecule has 0 radical (unpaired) electrons. The van der Waals surface area contributed by atoms with Crippen molar-refractivity contribution in [3.05, 3.63) is 35.5 Å². The number of anilines is 1. The molecule has 1 amide bonds. The van der Waals surface area contributed by atoms with Crippen molar-refractivity contribution < 1.29 is 4.79 Å². The molecule has 0 aliphatic carbocycles. The van der Waals surface area contributed by atoms with Gasteiger partial charge < -0.3 is 9.80 Å². The minimum Gasteiger partial charge on any atom is -0.356 e. The first-order valence-electron chi connectivity index (χ1n) is 7.60. The van der Waals surface area contributed by atoms with Crippen molar-refractivity contribution in [2.24, 2.45) is 0 Å². The Morgan fingerprint density at radius 3 is 2.68 bits per heavy atom. The summed E-state index contributed by atoms with van der Waals surface area (Å²) < 4.78 is 0. The van der Waals surface area contributed by atoms with E-state index >= 15 is 0 Å². The van der Waals surface area contributed by atoms with Crippen molar-refractivity contribution in [1.29, 1.82) is 0 Å². The average molecular weight is 318 g/mol. The molecule has 4 nitrogen and oxygen atoms in total. The fraction of sp³-hybridized carbons (Fsp3) is 0.412. The molecule has 0 atom stereocenters. The van der Waals surface area contributed by atoms with E-state index in [0.717, 1.165) is 42.5 Å². The maximum atomic E-state index is 11.5. The van der Waals surface area contributed by atoms with E-state index in [9.17, 15) is 4.79 Å². The predicted octanol–water partition coefficient (Wildman–Crippen LogP) is 3.34. The molecule has 2 heterocycles. The van der Waals surface area contributed by atoms with Crippen LogP contribution < -0.4 is 4.90 Å². The molecule has 0 N–H and O–H groups in total. The fourth-order valence-corrected chi connectivity index (χ4v) is 3.30. The summed E-state index contributed by atoms with van der Waals surface area (Å²) in [5.41, 5.74) is 0. The van der Waals surface area contributed by atoms with Crippen LogP contribution >= 0.6 is 11.6 Å². The lowest BCUT2D eigenvalue weighted by Gasteiger charge is -2.37. The van der Waals surface area contributed by atoms with Crippen molar-refractivity contribution in [3.8, 4) is 0 Å². The molecule has 5 heteroatoms. The number of rotatable bonds is 2. The second-order valence-electron chi connectivity index (χ2n) is 5.84. The second kappa shape index (κ2) is 6.13. The number of hydrogen-bond donors (Lipinski definition) is 0. The second-order valence-corrected chi connectivity index (χ2v) is 6.20. The highest BCUT2D eigenvalue weighted by Gasteiger charge is 2.24. The summed E-state index contributed by atoms with van der Waals surface area (Å²) >= 11 is 6.31. The molecule has 1 aliphatic rings. The third-order valence-corrected chi connectivity index (χ3v) is 4.80. The molecular weight excluding hydrogens is 298 g/mol. The van der Waals surface area contributed by atoms with E-state index in [0.29, 0.717) is 11.2 Å². The Morgan fingerprint density at radius 2 is 2.00 bits per heavy atom. The molecule has 1 aromatic heterocycles. The monoisotopic (exact) mass is 317 g/mol. The summed E-state index contributed by atoms with van der Waals surface area (Å²) in [7, 11) is 1.88. The van der Waals surface area contributed by atoms with Gasteiger partial charge in [-0.15, -0.1) is 0 Å². The van der Waals surface area contributed by atoms with Crippen molar-refractivity contribution >= 4 is 34.1 Å². The molecule has 1 fully saturated rings. The molecule has 3 rings (SSSR count). The van der Waals surface area contributed by atoms with Crippen LogP contribution in [0.5, 0.6) is 0 Å². The lowest BCUT2D eigenvalue weighted by atomic mass is 10.0. The first-order valence-corrected chi connectivity index (χ1v) is 7.97. The average Bonchev–Trinajstić information content (AvgIpc) is 2.54. The van der Waals surface area contributed by atoms with Crippen molar-refractivity contribution in [2.75, 3.05) is 25.0 Å². The standard InChI is InChI=1S/C17H20ClN3O/c1-12(22)20(2)14-7-9-21(10-8-14)16-11-13-5-3-4-6-15(13)17(18)19-16/h3-6,11,14H,7-10H2,1-2H3. The molecule has 0 unspecified atom stereocenters. The summed E-state index contributed by atoms with van der Waals surface area (Å²) in [6.45, 7) is 3.41. The fourth-order valence-electron chi connectivity index (χ4n) is 3.04. The van der Waals surface area contributed by atoms with Crippen LogP contribution in [0.2, 0.25) is 5.15 Å². The summed E-state index contributed by atoms with van der Waals surface area (Å²) in [4.78, 5) is 20.1. The van der Waals surface area contributed by atoms with Gasteiger partial charge in [0.05, 0.1) is 0 Å². The number of benzene rings is 1. The zero-order chi connectivity index (χ0) is 15.7. The number of amides is 1. The molecule has 22 heavy (non-hydrogen) atoms. The Bertz CT molecular complexity index is 695. The highest BCUT2D eigenvalue weighted by atomic mass is 35.5. The van der Waals surface area contributed by atoms with Crippen LogP contribution in [0, 0.1) is 0 Å². The van der Waals surface area contributed by atoms with Gasteiger partial charge >= 0.3 is 0 Å². The molecule has 0 bridgehead atoms. The minimum atomic E-state index is 0.130. The first kappa shape index (κ1) is 15.1. The largest absolute Gasteiger partial charge is 0.356 e. The van der Waals surface area contributed by atoms with Gasteiger partial charge in [0.25, 0.3) is 0 Å². The molecular formula is C17H20ClN3O. The molecule has 0 saturated carbocycles. The number of halogens is 1. The SMILES string of the molecule is CC(=O)N(C)C1CCN(c2cc3ccccc3c(Cl)n2)CC1. The van der Waals surface area contributed by atoms with Gasteiger partial charge in [-0.1, -0.05) is 35.9 Å². The van der Waals surface area contributed by atoms with Crippen LogP contribution in [0.1, 0.15) is 19.8 Å². The van der Waals surface area contributed by atoms with E-state index < -0.39 is 0 Å². The Labute approximate surface area is 135 Å². The number of hydrogen-bond acceptors (Lipinski definition) is 3. The first-order chi connectivity index (χ1) is 10.6. The number of piperidine rings is 1. The van der Waals surface area contributed by atoms with Gasteiger partial charge in [0.15, 0.2) is 0 Å². The van der Waals surface area contributed by atoms with Gasteiger partial charge in [0, 0.05) is 38.5 Å². The smallest absolute Gasteiger partial charge is 0.219 e. The van der Waals surface area contributed by atoms with Crippen LogP contribution in [-0.2, 0) is 4.79 Å². The van der Waals surface area contributed by atoms with E-state index in [2.05, 4.69) is 22.0 Å². The van der Waals surface area contributed by atoms with E-state index in [-0.39, 0.29) is 5.91 Å². The molecule has 2 aromatic rings. The number of pyridine rings is 1. The number of fused-ring (bicyclic) bond motifs is 1. The normalized spacial score (nSPS) is 16.0. The Morgan fingerprint density at radius 1 is 1.32 bits per heavy atom. The summed E-state index contributed by atoms with van der Waals surface area (Å²) in [6, 6.07) is 10.4. The third kappa shape index (κ3) is 2.88. The van der Waals surface area contributed by atoms with Crippen LogP contribution in [0.3, 0.4) is 0 Å². The number of carbonyl (C=O) groups is 1. The highest BCUT2D eigenvalue weighted by Crippen LogP contribution is 2.28. The molecule has 1 aromatic carbocycles. The minimum absolute atomic E-state index is 0.130. The van der Waals surface area contributed by atoms with Crippen LogP contribution in [0.4, 0.5) is 5.82 Å². The highest BCUT2D eigenvalue weighted by molar-refractivity contribution is 6.34. The zero-order valence-electron chi connectivity index (χ0n) is 12.9. The molecule has 116 valence electrons. The lowest BCUT2D eigenvalue weighted by Crippen LogP contribution is -2.45. The zero-order valence-corrected chi connectivity index (χ0v) is 13.7. The Balaban J connectivity index is 1.78. The van der Waals surface area contributed by atoms with E-state index in [1.165, 1.54) is 0 Å². The number of carbonyl (C=O) groups excluding carboxylic acids is 1. The maximum absolute atomic E-state index is 11.5. The van der Waals surface area contributed by atoms with Gasteiger partial charge in [-0.2, -0.15) is 0 Å². The summed E-state index contributed by atoms with van der Waals surface area (Å²) in [5.74, 6) is 1.05. The maximum Gasteiger partial charge on any atom is 0.219 e. The van der Waals surface area contributed by atoms with Gasteiger partial charge in [0.1, 0.15) is 11.0 Å². The van der Waals surface area contributed by atoms with E-state index in [1.54, 1.807) is 6.92 Å². The Kier molecular flexibility index (Phi) is 4.21. The van der Waals surface area contributed by atoms with Crippen LogP contribution in [0.15, 0.2) is 30.3 Å². The molecule has 0 spiro atoms. The Hall–Kier alpha value is -1.81. The molecule has 1 saturated heterocycles. The van der Waals surface area contributed by atoms with E-state index in [1.807, 2.05) is 30.1 Å². The summed E-state index contributed by atoms with van der Waals surface area (Å²) in [5, 5.41) is 2.65. The van der Waals surface area contributed by atoms with Crippen LogP contribution in [0.25, 0.3) is 10.8 Å². The lowest BCUT2D eigenvalue weighted by molar-refractivity contribution is -0.129. The van der Waals surface area contributed by atoms with Gasteiger partial charge in [-0.25, -0.2) is 4.98 Å². The quantitative estimate of drug-likeness (QED) is 0.797. The van der Waals surface area contributed by atoms with Gasteiger partial charge in [-0.3, -0.25) is 4.79 Å². The number of nitrogens with zero attached hydrogens (tertiary/aromatic N) is 3. The summed E-state index contributed by atoms with van der Waals surface area (Å²) in [6.07, 6.45) is 1.92. The van der Waals surface area contributed by atoms with E-state index in [4.69, 9.17) is 11.6 Å².